The van der Waals surface area contributed by atoms with Crippen LogP contribution < -0.4 is 5.32 Å². The summed E-state index contributed by atoms with van der Waals surface area (Å²) in [5, 5.41) is 2.69. The SMILES string of the molecule is CC(C=CC1=C(C)CCCC1(C)C)=CC=CC(C)=CC(=O)OCCNC(=O)c1cccnc1. The molecule has 0 saturated heterocycles. The molecular weight excluding hydrogens is 412 g/mol. The summed E-state index contributed by atoms with van der Waals surface area (Å²) in [5.74, 6) is -0.682. The quantitative estimate of drug-likeness (QED) is 0.221. The van der Waals surface area contributed by atoms with Crippen molar-refractivity contribution in [3.8, 4) is 0 Å². The van der Waals surface area contributed by atoms with Gasteiger partial charge in [-0.1, -0.05) is 55.4 Å². The van der Waals surface area contributed by atoms with Gasteiger partial charge in [0.15, 0.2) is 0 Å². The zero-order valence-electron chi connectivity index (χ0n) is 20.5. The Labute approximate surface area is 198 Å². The molecule has 5 heteroatoms. The maximum Gasteiger partial charge on any atom is 0.331 e. The molecule has 5 nitrogen and oxygen atoms in total. The van der Waals surface area contributed by atoms with Crippen LogP contribution in [0.3, 0.4) is 0 Å². The summed E-state index contributed by atoms with van der Waals surface area (Å²) in [6.07, 6.45) is 18.4. The van der Waals surface area contributed by atoms with E-state index in [4.69, 9.17) is 4.74 Å². The fourth-order valence-electron chi connectivity index (χ4n) is 3.82. The minimum Gasteiger partial charge on any atom is -0.461 e. The smallest absolute Gasteiger partial charge is 0.331 e. The zero-order chi connectivity index (χ0) is 24.3. The van der Waals surface area contributed by atoms with Gasteiger partial charge in [-0.25, -0.2) is 4.79 Å². The van der Waals surface area contributed by atoms with Crippen LogP contribution in [0.5, 0.6) is 0 Å². The van der Waals surface area contributed by atoms with Gasteiger partial charge in [-0.15, -0.1) is 0 Å². The van der Waals surface area contributed by atoms with E-state index in [2.05, 4.69) is 50.1 Å². The molecule has 0 aliphatic heterocycles. The lowest BCUT2D eigenvalue weighted by atomic mass is 9.72. The average Bonchev–Trinajstić information content (AvgIpc) is 2.76. The molecule has 0 fully saturated rings. The average molecular weight is 449 g/mol. The molecular formula is C28H36N2O3. The van der Waals surface area contributed by atoms with Gasteiger partial charge < -0.3 is 10.1 Å². The van der Waals surface area contributed by atoms with Crippen molar-refractivity contribution >= 4 is 11.9 Å². The van der Waals surface area contributed by atoms with Gasteiger partial charge in [0, 0.05) is 18.5 Å². The number of allylic oxidation sites excluding steroid dienone is 9. The third-order valence-electron chi connectivity index (χ3n) is 5.67. The molecule has 1 aliphatic rings. The van der Waals surface area contributed by atoms with E-state index in [9.17, 15) is 9.59 Å². The fraction of sp³-hybridized carbons (Fsp3) is 0.393. The van der Waals surface area contributed by atoms with Gasteiger partial charge >= 0.3 is 5.97 Å². The highest BCUT2D eigenvalue weighted by atomic mass is 16.5. The van der Waals surface area contributed by atoms with Crippen LogP contribution in [0.15, 0.2) is 83.3 Å². The second-order valence-corrected chi connectivity index (χ2v) is 9.09. The topological polar surface area (TPSA) is 68.3 Å². The molecule has 0 radical (unpaired) electrons. The summed E-state index contributed by atoms with van der Waals surface area (Å²) in [6.45, 7) is 11.1. The Morgan fingerprint density at radius 2 is 2.00 bits per heavy atom. The number of nitrogens with one attached hydrogen (secondary N) is 1. The Bertz CT molecular complexity index is 980. The number of nitrogens with zero attached hydrogens (tertiary/aromatic N) is 1. The first-order chi connectivity index (χ1) is 15.7. The summed E-state index contributed by atoms with van der Waals surface area (Å²) in [5.41, 5.74) is 5.57. The van der Waals surface area contributed by atoms with Crippen LogP contribution in [0, 0.1) is 5.41 Å². The highest BCUT2D eigenvalue weighted by Gasteiger charge is 2.26. The molecule has 0 saturated carbocycles. The van der Waals surface area contributed by atoms with Crippen molar-refractivity contribution in [2.24, 2.45) is 5.41 Å². The van der Waals surface area contributed by atoms with E-state index in [-0.39, 0.29) is 24.5 Å². The standard InChI is InChI=1S/C28H36N2O3/c1-21(13-14-25-23(3)11-7-15-28(25,4)5)9-6-10-22(2)19-26(31)33-18-17-30-27(32)24-12-8-16-29-20-24/h6,8-10,12-14,16,19-20H,7,11,15,17-18H2,1-5H3,(H,30,32). The Hall–Kier alpha value is -3.21. The summed E-state index contributed by atoms with van der Waals surface area (Å²) < 4.78 is 5.15. The normalized spacial score (nSPS) is 17.0. The van der Waals surface area contributed by atoms with E-state index in [1.54, 1.807) is 18.3 Å². The van der Waals surface area contributed by atoms with Crippen molar-refractivity contribution < 1.29 is 14.3 Å². The predicted molar refractivity (Wildman–Crippen MR) is 134 cm³/mol. The van der Waals surface area contributed by atoms with E-state index in [0.717, 1.165) is 11.1 Å². The number of hydrogen-bond donors (Lipinski definition) is 1. The van der Waals surface area contributed by atoms with Crippen LogP contribution in [-0.2, 0) is 9.53 Å². The molecule has 1 aromatic heterocycles. The van der Waals surface area contributed by atoms with E-state index >= 15 is 0 Å². The van der Waals surface area contributed by atoms with E-state index < -0.39 is 5.97 Å². The minimum atomic E-state index is -0.435. The zero-order valence-corrected chi connectivity index (χ0v) is 20.5. The van der Waals surface area contributed by atoms with Gasteiger partial charge in [0.25, 0.3) is 5.91 Å². The lowest BCUT2D eigenvalue weighted by Gasteiger charge is -2.32. The largest absolute Gasteiger partial charge is 0.461 e. The molecule has 176 valence electrons. The monoisotopic (exact) mass is 448 g/mol. The molecule has 0 unspecified atom stereocenters. The van der Waals surface area contributed by atoms with Crippen LogP contribution in [0.2, 0.25) is 0 Å². The molecule has 0 atom stereocenters. The summed E-state index contributed by atoms with van der Waals surface area (Å²) in [4.78, 5) is 27.7. The molecule has 1 aliphatic carbocycles. The van der Waals surface area contributed by atoms with E-state index in [0.29, 0.717) is 5.56 Å². The van der Waals surface area contributed by atoms with Gasteiger partial charge in [0.05, 0.1) is 12.1 Å². The minimum absolute atomic E-state index is 0.105. The summed E-state index contributed by atoms with van der Waals surface area (Å²) in [7, 11) is 0. The number of pyridine rings is 1. The number of ether oxygens (including phenoxy) is 1. The fourth-order valence-corrected chi connectivity index (χ4v) is 3.82. The Kier molecular flexibility index (Phi) is 10.0. The lowest BCUT2D eigenvalue weighted by molar-refractivity contribution is -0.137. The second-order valence-electron chi connectivity index (χ2n) is 9.09. The van der Waals surface area contributed by atoms with E-state index in [1.807, 2.05) is 25.2 Å². The maximum atomic E-state index is 11.9. The van der Waals surface area contributed by atoms with Crippen molar-refractivity contribution in [3.05, 3.63) is 88.8 Å². The number of rotatable bonds is 9. The number of carbonyl (C=O) groups is 2. The second kappa shape index (κ2) is 12.7. The van der Waals surface area contributed by atoms with Crippen molar-refractivity contribution in [3.63, 3.8) is 0 Å². The number of hydrogen-bond acceptors (Lipinski definition) is 4. The molecule has 1 heterocycles. The number of esters is 1. The van der Waals surface area contributed by atoms with Crippen LogP contribution in [0.1, 0.15) is 64.2 Å². The number of carbonyl (C=O) groups excluding carboxylic acids is 2. The Morgan fingerprint density at radius 3 is 2.70 bits per heavy atom. The molecule has 0 bridgehead atoms. The lowest BCUT2D eigenvalue weighted by Crippen LogP contribution is -2.27. The van der Waals surface area contributed by atoms with Crippen LogP contribution in [0.25, 0.3) is 0 Å². The van der Waals surface area contributed by atoms with Crippen LogP contribution >= 0.6 is 0 Å². The maximum absolute atomic E-state index is 11.9. The van der Waals surface area contributed by atoms with Crippen LogP contribution in [0.4, 0.5) is 0 Å². The number of aromatic nitrogens is 1. The molecule has 1 N–H and O–H groups in total. The van der Waals surface area contributed by atoms with Gasteiger partial charge in [0.1, 0.15) is 6.61 Å². The molecule has 33 heavy (non-hydrogen) atoms. The number of amides is 1. The highest BCUT2D eigenvalue weighted by Crippen LogP contribution is 2.40. The molecule has 1 aromatic rings. The molecule has 2 rings (SSSR count). The van der Waals surface area contributed by atoms with Gasteiger partial charge in [-0.05, 0) is 68.7 Å². The van der Waals surface area contributed by atoms with Gasteiger partial charge in [-0.2, -0.15) is 0 Å². The van der Waals surface area contributed by atoms with Crippen molar-refractivity contribution in [1.29, 1.82) is 0 Å². The molecule has 1 amide bonds. The Morgan fingerprint density at radius 1 is 1.21 bits per heavy atom. The van der Waals surface area contributed by atoms with E-state index in [1.165, 1.54) is 42.7 Å². The predicted octanol–water partition coefficient (Wildman–Crippen LogP) is 5.89. The highest BCUT2D eigenvalue weighted by molar-refractivity contribution is 5.93. The van der Waals surface area contributed by atoms with Gasteiger partial charge in [0.2, 0.25) is 0 Å². The first-order valence-electron chi connectivity index (χ1n) is 11.5. The first-order valence-corrected chi connectivity index (χ1v) is 11.5. The third kappa shape index (κ3) is 9.05. The van der Waals surface area contributed by atoms with Crippen molar-refractivity contribution in [1.82, 2.24) is 10.3 Å². The third-order valence-corrected chi connectivity index (χ3v) is 5.67. The summed E-state index contributed by atoms with van der Waals surface area (Å²) >= 11 is 0. The Balaban J connectivity index is 1.78. The first kappa shape index (κ1) is 26.0. The molecule has 0 spiro atoms. The summed E-state index contributed by atoms with van der Waals surface area (Å²) in [6, 6.07) is 3.37. The van der Waals surface area contributed by atoms with Crippen molar-refractivity contribution in [2.75, 3.05) is 13.2 Å². The van der Waals surface area contributed by atoms with Crippen LogP contribution in [-0.4, -0.2) is 30.0 Å². The van der Waals surface area contributed by atoms with Crippen molar-refractivity contribution in [2.45, 2.75) is 53.9 Å². The molecule has 0 aromatic carbocycles. The van der Waals surface area contributed by atoms with Gasteiger partial charge in [-0.3, -0.25) is 9.78 Å².